The Morgan fingerprint density at radius 3 is 2.44 bits per heavy atom. The van der Waals surface area contributed by atoms with Gasteiger partial charge in [0.2, 0.25) is 5.82 Å². The molecule has 380 valence electrons. The number of nitro groups is 1. The van der Waals surface area contributed by atoms with Crippen molar-refractivity contribution in [3.63, 3.8) is 0 Å². The number of carbonyl (C=O) groups excluding carboxylic acids is 1. The summed E-state index contributed by atoms with van der Waals surface area (Å²) in [6, 6.07) is 15.6. The van der Waals surface area contributed by atoms with Crippen molar-refractivity contribution in [2.45, 2.75) is 101 Å². The smallest absolute Gasteiger partial charge is 0.312 e. The van der Waals surface area contributed by atoms with Gasteiger partial charge in [0.25, 0.3) is 26.1 Å². The molecular formula is C49H61FN10O9S2. The first-order chi connectivity index (χ1) is 33.7. The number of rotatable bonds is 15. The van der Waals surface area contributed by atoms with Crippen molar-refractivity contribution in [1.82, 2.24) is 33.6 Å². The second kappa shape index (κ2) is 19.7. The molecule has 1 atom stereocenters. The van der Waals surface area contributed by atoms with E-state index < -0.39 is 53.1 Å². The Morgan fingerprint density at radius 1 is 1.00 bits per heavy atom. The Morgan fingerprint density at radius 2 is 1.73 bits per heavy atom. The topological polar surface area (TPSA) is 245 Å². The van der Waals surface area contributed by atoms with Crippen molar-refractivity contribution < 1.29 is 40.8 Å². The summed E-state index contributed by atoms with van der Waals surface area (Å²) in [6.45, 7) is 9.16. The number of piperazine rings is 1. The summed E-state index contributed by atoms with van der Waals surface area (Å²) in [5.41, 5.74) is 1.92. The molecule has 71 heavy (non-hydrogen) atoms. The number of amides is 1. The Balaban J connectivity index is 0.912. The van der Waals surface area contributed by atoms with Crippen LogP contribution in [0.2, 0.25) is 0 Å². The SMILES string of the molecule is CNS(=O)(=O)N1CCN(C2CC3(CCN(c4ccc(C(=O)NS(=O)(=O)c5cnc(NCC6CCC(C)(O)CC6)c([N+](=O)[O-])c5)c(Oc5cnc6[nH]cc(F)c6c5)c4)CC3)C2)[C@H](c2ccccc2C(C)C)C1. The Labute approximate surface area is 413 Å². The largest absolute Gasteiger partial charge is 0.455 e. The number of H-pyrrole nitrogens is 1. The maximum atomic E-state index is 14.7. The number of fused-ring (bicyclic) bond motifs is 1. The maximum absolute atomic E-state index is 14.7. The molecule has 1 amide bonds. The number of pyridine rings is 2. The molecule has 2 aliphatic heterocycles. The van der Waals surface area contributed by atoms with Crippen LogP contribution in [0, 0.1) is 27.3 Å². The first-order valence-corrected chi connectivity index (χ1v) is 27.1. The zero-order valence-corrected chi connectivity index (χ0v) is 41.9. The third-order valence-electron chi connectivity index (χ3n) is 15.2. The van der Waals surface area contributed by atoms with Gasteiger partial charge in [0.05, 0.1) is 33.9 Å². The van der Waals surface area contributed by atoms with E-state index in [-0.39, 0.29) is 63.2 Å². The molecule has 5 N–H and O–H groups in total. The van der Waals surface area contributed by atoms with Crippen molar-refractivity contribution in [2.75, 3.05) is 56.5 Å². The quantitative estimate of drug-likeness (QED) is 0.0526. The lowest BCUT2D eigenvalue weighted by Crippen LogP contribution is -2.61. The lowest BCUT2D eigenvalue weighted by atomic mass is 9.59. The number of piperidine rings is 1. The minimum Gasteiger partial charge on any atom is -0.455 e. The van der Waals surface area contributed by atoms with Gasteiger partial charge in [-0.25, -0.2) is 32.2 Å². The number of benzene rings is 2. The van der Waals surface area contributed by atoms with Gasteiger partial charge in [-0.05, 0) is 105 Å². The van der Waals surface area contributed by atoms with E-state index in [1.54, 1.807) is 23.4 Å². The van der Waals surface area contributed by atoms with Crippen LogP contribution < -0.4 is 24.4 Å². The number of nitrogens with zero attached hydrogens (tertiary/aromatic N) is 6. The van der Waals surface area contributed by atoms with E-state index in [2.05, 4.69) is 60.8 Å². The van der Waals surface area contributed by atoms with Gasteiger partial charge in [-0.3, -0.25) is 19.8 Å². The van der Waals surface area contributed by atoms with Crippen molar-refractivity contribution in [3.8, 4) is 11.5 Å². The van der Waals surface area contributed by atoms with Crippen LogP contribution in [0.15, 0.2) is 78.1 Å². The molecule has 19 nitrogen and oxygen atoms in total. The average molecular weight is 1020 g/mol. The second-order valence-electron chi connectivity index (χ2n) is 20.2. The molecule has 4 fully saturated rings. The van der Waals surface area contributed by atoms with E-state index in [1.807, 2.05) is 16.9 Å². The van der Waals surface area contributed by atoms with E-state index >= 15 is 0 Å². The third kappa shape index (κ3) is 10.6. The first kappa shape index (κ1) is 50.2. The molecule has 0 radical (unpaired) electrons. The van der Waals surface area contributed by atoms with Crippen molar-refractivity contribution in [3.05, 3.63) is 106 Å². The van der Waals surface area contributed by atoms with E-state index in [0.29, 0.717) is 70.6 Å². The third-order valence-corrected chi connectivity index (χ3v) is 18.0. The molecule has 0 bridgehead atoms. The monoisotopic (exact) mass is 1020 g/mol. The van der Waals surface area contributed by atoms with Gasteiger partial charge >= 0.3 is 5.69 Å². The number of sulfonamides is 1. The maximum Gasteiger partial charge on any atom is 0.312 e. The molecule has 2 saturated carbocycles. The van der Waals surface area contributed by atoms with Crippen LogP contribution in [0.3, 0.4) is 0 Å². The fourth-order valence-corrected chi connectivity index (χ4v) is 12.8. The van der Waals surface area contributed by atoms with Crippen LogP contribution in [0.4, 0.5) is 21.6 Å². The number of aliphatic hydroxyl groups is 1. The number of nitrogens with one attached hydrogen (secondary N) is 4. The van der Waals surface area contributed by atoms with E-state index in [9.17, 15) is 41.2 Å². The molecule has 4 aliphatic rings. The number of hydrogen-bond donors (Lipinski definition) is 5. The van der Waals surface area contributed by atoms with Gasteiger partial charge in [0, 0.05) is 82.4 Å². The van der Waals surface area contributed by atoms with E-state index in [0.717, 1.165) is 49.7 Å². The lowest BCUT2D eigenvalue weighted by molar-refractivity contribution is -0.384. The highest BCUT2D eigenvalue weighted by atomic mass is 32.2. The minimum absolute atomic E-state index is 0.0312. The standard InChI is InChI=1S/C49H61FN10O9S2/c1-31(2)37-7-5-6-8-38(37)43-30-58(71(67,68)51-4)19-20-59(43)34-24-49(25-34)15-17-57(18-16-49)33-9-10-39(44(21-33)69-35-22-40-41(50)29-55-45(40)53-27-35)47(61)56-70(65,66)36-23-42(60(63)64)46(54-28-36)52-26-32-11-13-48(3,62)14-12-32/h5-10,21-23,27-29,31-32,34,43,51,62H,11-20,24-26,30H2,1-4H3,(H,52,54)(H,53,55)(H,56,61)/t32?,43-,48?/m0/s1. The summed E-state index contributed by atoms with van der Waals surface area (Å²) in [5.74, 6) is -1.32. The van der Waals surface area contributed by atoms with Crippen LogP contribution in [0.5, 0.6) is 11.5 Å². The van der Waals surface area contributed by atoms with Crippen molar-refractivity contribution >= 4 is 54.4 Å². The number of hydrogen-bond acceptors (Lipinski definition) is 14. The number of carbonyl (C=O) groups is 1. The number of halogens is 1. The molecule has 5 heterocycles. The Bertz CT molecular complexity index is 3040. The Hall–Kier alpha value is -5.78. The summed E-state index contributed by atoms with van der Waals surface area (Å²) in [7, 11) is -6.90. The Kier molecular flexibility index (Phi) is 13.9. The zero-order valence-electron chi connectivity index (χ0n) is 40.2. The van der Waals surface area contributed by atoms with Gasteiger partial charge in [0.15, 0.2) is 0 Å². The molecular weight excluding hydrogens is 956 g/mol. The highest BCUT2D eigenvalue weighted by Gasteiger charge is 2.51. The number of aromatic amines is 1. The lowest BCUT2D eigenvalue weighted by Gasteiger charge is -2.58. The molecule has 2 saturated heterocycles. The molecule has 5 aromatic rings. The molecule has 2 aromatic carbocycles. The van der Waals surface area contributed by atoms with Crippen molar-refractivity contribution in [2.24, 2.45) is 11.3 Å². The van der Waals surface area contributed by atoms with Gasteiger partial charge < -0.3 is 25.0 Å². The molecule has 3 aromatic heterocycles. The summed E-state index contributed by atoms with van der Waals surface area (Å²) >= 11 is 0. The van der Waals surface area contributed by atoms with Crippen LogP contribution >= 0.6 is 0 Å². The number of ether oxygens (including phenoxy) is 1. The van der Waals surface area contributed by atoms with Crippen LogP contribution in [0.25, 0.3) is 11.0 Å². The molecule has 2 aliphatic carbocycles. The highest BCUT2D eigenvalue weighted by Crippen LogP contribution is 2.53. The summed E-state index contributed by atoms with van der Waals surface area (Å²) < 4.78 is 80.5. The zero-order chi connectivity index (χ0) is 50.5. The molecule has 1 spiro atoms. The minimum atomic E-state index is -4.72. The van der Waals surface area contributed by atoms with Crippen molar-refractivity contribution in [1.29, 1.82) is 0 Å². The predicted molar refractivity (Wildman–Crippen MR) is 266 cm³/mol. The molecule has 9 rings (SSSR count). The van der Waals surface area contributed by atoms with Crippen LogP contribution in [-0.4, -0.2) is 115 Å². The van der Waals surface area contributed by atoms with E-state index in [4.69, 9.17) is 4.74 Å². The van der Waals surface area contributed by atoms with Gasteiger partial charge in [-0.2, -0.15) is 12.7 Å². The predicted octanol–water partition coefficient (Wildman–Crippen LogP) is 6.96. The van der Waals surface area contributed by atoms with Gasteiger partial charge in [-0.1, -0.05) is 38.1 Å². The fraction of sp³-hybridized carbons (Fsp3) is 0.490. The van der Waals surface area contributed by atoms with Crippen LogP contribution in [0.1, 0.15) is 106 Å². The highest BCUT2D eigenvalue weighted by molar-refractivity contribution is 7.90. The normalized spacial score (nSPS) is 22.4. The summed E-state index contributed by atoms with van der Waals surface area (Å²) in [4.78, 5) is 40.6. The molecule has 22 heteroatoms. The summed E-state index contributed by atoms with van der Waals surface area (Å²) in [5, 5.41) is 25.6. The average Bonchev–Trinajstić information content (AvgIpc) is 3.71. The van der Waals surface area contributed by atoms with Gasteiger partial charge in [-0.15, -0.1) is 0 Å². The second-order valence-corrected chi connectivity index (χ2v) is 23.7. The number of anilines is 2. The van der Waals surface area contributed by atoms with Gasteiger partial charge in [0.1, 0.15) is 27.9 Å². The molecule has 0 unspecified atom stereocenters. The van der Waals surface area contributed by atoms with E-state index in [1.165, 1.54) is 30.9 Å². The van der Waals surface area contributed by atoms with Crippen LogP contribution in [-0.2, 0) is 20.2 Å². The first-order valence-electron chi connectivity index (χ1n) is 24.1. The number of aromatic nitrogens is 3. The summed E-state index contributed by atoms with van der Waals surface area (Å²) in [6.07, 6.45) is 9.74. The fourth-order valence-electron chi connectivity index (χ4n) is 10.9.